The number of nitrogens with one attached hydrogen (secondary N) is 2. The lowest BCUT2D eigenvalue weighted by Gasteiger charge is -2.11. The molecule has 0 saturated carbocycles. The Bertz CT molecular complexity index is 780. The first-order chi connectivity index (χ1) is 11.8. The smallest absolute Gasteiger partial charge is 0.341 e. The molecule has 0 spiro atoms. The molecular weight excluding hydrogens is 356 g/mol. The minimum Gasteiger partial charge on any atom is -0.465 e. The second kappa shape index (κ2) is 8.44. The first-order valence-electron chi connectivity index (χ1n) is 8.07. The van der Waals surface area contributed by atoms with E-state index in [2.05, 4.69) is 28.7 Å². The van der Waals surface area contributed by atoms with Crippen LogP contribution in [0.3, 0.4) is 0 Å². The zero-order chi connectivity index (χ0) is 18.6. The van der Waals surface area contributed by atoms with E-state index in [1.807, 2.05) is 25.5 Å². The van der Waals surface area contributed by atoms with E-state index in [0.29, 0.717) is 10.7 Å². The van der Waals surface area contributed by atoms with Gasteiger partial charge in [-0.3, -0.25) is 4.68 Å². The van der Waals surface area contributed by atoms with Crippen molar-refractivity contribution in [3.63, 3.8) is 0 Å². The maximum absolute atomic E-state index is 12.0. The van der Waals surface area contributed by atoms with E-state index in [0.717, 1.165) is 46.3 Å². The van der Waals surface area contributed by atoms with E-state index in [4.69, 9.17) is 17.0 Å². The molecular formula is C17H24N4O2S2. The van der Waals surface area contributed by atoms with E-state index in [-0.39, 0.29) is 5.97 Å². The second-order valence-electron chi connectivity index (χ2n) is 5.86. The SMILES string of the molecule is COC(=O)c1c(NC(=S)NCCCn2nc(C)cc2C)sc(C)c1C. The monoisotopic (exact) mass is 380 g/mol. The molecule has 0 fully saturated rings. The van der Waals surface area contributed by atoms with Gasteiger partial charge in [0.05, 0.1) is 18.4 Å². The van der Waals surface area contributed by atoms with Crippen molar-refractivity contribution in [2.75, 3.05) is 19.0 Å². The zero-order valence-electron chi connectivity index (χ0n) is 15.2. The Morgan fingerprint density at radius 1 is 1.36 bits per heavy atom. The third-order valence-electron chi connectivity index (χ3n) is 3.94. The second-order valence-corrected chi connectivity index (χ2v) is 7.50. The van der Waals surface area contributed by atoms with Crippen molar-refractivity contribution >= 4 is 39.6 Å². The standard InChI is InChI=1S/C17H24N4O2S2/c1-10-9-11(2)21(20-10)8-6-7-18-17(24)19-15-14(16(22)23-5)12(3)13(4)25-15/h9H,6-8H2,1-5H3,(H2,18,19,24). The quantitative estimate of drug-likeness (QED) is 0.455. The lowest BCUT2D eigenvalue weighted by Crippen LogP contribution is -2.30. The van der Waals surface area contributed by atoms with Gasteiger partial charge in [0.25, 0.3) is 0 Å². The molecule has 2 heterocycles. The van der Waals surface area contributed by atoms with Crippen LogP contribution in [0.1, 0.15) is 38.6 Å². The van der Waals surface area contributed by atoms with E-state index in [1.54, 1.807) is 0 Å². The summed E-state index contributed by atoms with van der Waals surface area (Å²) in [6.07, 6.45) is 0.899. The highest BCUT2D eigenvalue weighted by molar-refractivity contribution is 7.80. The predicted molar refractivity (Wildman–Crippen MR) is 106 cm³/mol. The first-order valence-corrected chi connectivity index (χ1v) is 9.30. The van der Waals surface area contributed by atoms with Crippen LogP contribution in [-0.2, 0) is 11.3 Å². The van der Waals surface area contributed by atoms with Crippen LogP contribution in [0.2, 0.25) is 0 Å². The molecule has 2 aromatic heterocycles. The molecule has 136 valence electrons. The summed E-state index contributed by atoms with van der Waals surface area (Å²) in [6.45, 7) is 9.48. The highest BCUT2D eigenvalue weighted by Gasteiger charge is 2.20. The molecule has 2 aromatic rings. The molecule has 2 N–H and O–H groups in total. The number of anilines is 1. The lowest BCUT2D eigenvalue weighted by molar-refractivity contribution is 0.0601. The van der Waals surface area contributed by atoms with Gasteiger partial charge in [0.1, 0.15) is 5.00 Å². The average molecular weight is 381 g/mol. The van der Waals surface area contributed by atoms with Crippen LogP contribution in [0.4, 0.5) is 5.00 Å². The molecule has 0 bridgehead atoms. The Kier molecular flexibility index (Phi) is 6.55. The number of aryl methyl sites for hydroxylation is 4. The van der Waals surface area contributed by atoms with Crippen LogP contribution in [0.5, 0.6) is 0 Å². The minimum atomic E-state index is -0.350. The number of hydrogen-bond acceptors (Lipinski definition) is 5. The van der Waals surface area contributed by atoms with E-state index in [9.17, 15) is 4.79 Å². The van der Waals surface area contributed by atoms with Gasteiger partial charge >= 0.3 is 5.97 Å². The molecule has 0 amide bonds. The summed E-state index contributed by atoms with van der Waals surface area (Å²) < 4.78 is 6.86. The average Bonchev–Trinajstić information content (AvgIpc) is 3.02. The summed E-state index contributed by atoms with van der Waals surface area (Å²) in [6, 6.07) is 2.06. The maximum atomic E-state index is 12.0. The zero-order valence-corrected chi connectivity index (χ0v) is 16.9. The van der Waals surface area contributed by atoms with E-state index >= 15 is 0 Å². The van der Waals surface area contributed by atoms with Gasteiger partial charge in [-0.1, -0.05) is 0 Å². The van der Waals surface area contributed by atoms with Crippen molar-refractivity contribution in [1.82, 2.24) is 15.1 Å². The van der Waals surface area contributed by atoms with Gasteiger partial charge in [0.2, 0.25) is 0 Å². The number of nitrogens with zero attached hydrogens (tertiary/aromatic N) is 2. The molecule has 0 aliphatic rings. The predicted octanol–water partition coefficient (Wildman–Crippen LogP) is 3.34. The number of aromatic nitrogens is 2. The van der Waals surface area contributed by atoms with Crippen LogP contribution in [0.15, 0.2) is 6.07 Å². The Morgan fingerprint density at radius 2 is 2.08 bits per heavy atom. The highest BCUT2D eigenvalue weighted by Crippen LogP contribution is 2.32. The van der Waals surface area contributed by atoms with Crippen molar-refractivity contribution in [3.8, 4) is 0 Å². The number of rotatable bonds is 6. The molecule has 0 saturated heterocycles. The van der Waals surface area contributed by atoms with Gasteiger partial charge in [-0.2, -0.15) is 5.10 Å². The van der Waals surface area contributed by atoms with Gasteiger partial charge in [0.15, 0.2) is 5.11 Å². The fourth-order valence-corrected chi connectivity index (χ4v) is 3.86. The summed E-state index contributed by atoms with van der Waals surface area (Å²) in [7, 11) is 1.38. The summed E-state index contributed by atoms with van der Waals surface area (Å²) in [5.74, 6) is -0.350. The molecule has 6 nitrogen and oxygen atoms in total. The van der Waals surface area contributed by atoms with Crippen molar-refractivity contribution in [2.24, 2.45) is 0 Å². The normalized spacial score (nSPS) is 10.6. The van der Waals surface area contributed by atoms with Crippen LogP contribution in [0.25, 0.3) is 0 Å². The number of methoxy groups -OCH3 is 1. The van der Waals surface area contributed by atoms with Crippen LogP contribution in [-0.4, -0.2) is 34.5 Å². The maximum Gasteiger partial charge on any atom is 0.341 e. The largest absolute Gasteiger partial charge is 0.465 e. The topological polar surface area (TPSA) is 68.2 Å². The number of thiophene rings is 1. The molecule has 0 atom stereocenters. The highest BCUT2D eigenvalue weighted by atomic mass is 32.1. The third kappa shape index (κ3) is 4.79. The van der Waals surface area contributed by atoms with Gasteiger partial charge in [-0.05, 0) is 58.0 Å². The summed E-state index contributed by atoms with van der Waals surface area (Å²) in [4.78, 5) is 13.0. The molecule has 0 aliphatic heterocycles. The van der Waals surface area contributed by atoms with E-state index in [1.165, 1.54) is 18.4 Å². The molecule has 0 radical (unpaired) electrons. The van der Waals surface area contributed by atoms with Gasteiger partial charge < -0.3 is 15.4 Å². The summed E-state index contributed by atoms with van der Waals surface area (Å²) >= 11 is 6.84. The Balaban J connectivity index is 1.87. The van der Waals surface area contributed by atoms with Gasteiger partial charge in [-0.15, -0.1) is 11.3 Å². The number of esters is 1. The number of ether oxygens (including phenoxy) is 1. The van der Waals surface area contributed by atoms with Gasteiger partial charge in [-0.25, -0.2) is 4.79 Å². The van der Waals surface area contributed by atoms with Crippen molar-refractivity contribution in [3.05, 3.63) is 33.5 Å². The minimum absolute atomic E-state index is 0.350. The fourth-order valence-electron chi connectivity index (χ4n) is 2.54. The third-order valence-corrected chi connectivity index (χ3v) is 5.31. The molecule has 0 unspecified atom stereocenters. The first kappa shape index (κ1) is 19.4. The van der Waals surface area contributed by atoms with Crippen LogP contribution >= 0.6 is 23.6 Å². The van der Waals surface area contributed by atoms with Crippen LogP contribution < -0.4 is 10.6 Å². The molecule has 25 heavy (non-hydrogen) atoms. The number of thiocarbonyl (C=S) groups is 1. The number of carbonyl (C=O) groups excluding carboxylic acids is 1. The number of hydrogen-bond donors (Lipinski definition) is 2. The Hall–Kier alpha value is -1.93. The molecule has 2 rings (SSSR count). The summed E-state index contributed by atoms with van der Waals surface area (Å²) in [5, 5.41) is 11.9. The van der Waals surface area contributed by atoms with E-state index < -0.39 is 0 Å². The lowest BCUT2D eigenvalue weighted by atomic mass is 10.1. The van der Waals surface area contributed by atoms with Crippen molar-refractivity contribution in [1.29, 1.82) is 0 Å². The molecule has 0 aromatic carbocycles. The van der Waals surface area contributed by atoms with Crippen molar-refractivity contribution < 1.29 is 9.53 Å². The van der Waals surface area contributed by atoms with Gasteiger partial charge in [0, 0.05) is 23.7 Å². The Morgan fingerprint density at radius 3 is 2.68 bits per heavy atom. The molecule has 0 aliphatic carbocycles. The van der Waals surface area contributed by atoms with Crippen molar-refractivity contribution in [2.45, 2.75) is 40.7 Å². The Labute approximate surface area is 157 Å². The fraction of sp³-hybridized carbons (Fsp3) is 0.471. The molecule has 8 heteroatoms. The summed E-state index contributed by atoms with van der Waals surface area (Å²) in [5.41, 5.74) is 3.66. The number of carbonyl (C=O) groups is 1. The van der Waals surface area contributed by atoms with Crippen LogP contribution in [0, 0.1) is 27.7 Å².